The van der Waals surface area contributed by atoms with Crippen LogP contribution in [0.2, 0.25) is 0 Å². The Balaban J connectivity index is 2.56. The molecule has 1 aliphatic carbocycles. The summed E-state index contributed by atoms with van der Waals surface area (Å²) in [5, 5.41) is 9.26. The molecule has 0 fully saturated rings. The van der Waals surface area contributed by atoms with Crippen molar-refractivity contribution in [1.29, 1.82) is 0 Å². The molecule has 1 rings (SSSR count). The summed E-state index contributed by atoms with van der Waals surface area (Å²) >= 11 is 0. The minimum atomic E-state index is -0.322. The number of allylic oxidation sites excluding steroid dienone is 5. The normalized spacial score (nSPS) is 22.2. The van der Waals surface area contributed by atoms with Crippen LogP contribution < -0.4 is 0 Å². The molecule has 0 aromatic heterocycles. The molecule has 0 heterocycles. The Labute approximate surface area is 98.3 Å². The minimum absolute atomic E-state index is 0.0329. The monoisotopic (exact) mass is 222 g/mol. The first kappa shape index (κ1) is 13.0. The van der Waals surface area contributed by atoms with Crippen LogP contribution in [0.4, 0.5) is 0 Å². The summed E-state index contributed by atoms with van der Waals surface area (Å²) in [6.07, 6.45) is 10.6. The van der Waals surface area contributed by atoms with Gasteiger partial charge in [-0.15, -0.1) is 0 Å². The van der Waals surface area contributed by atoms with Crippen molar-refractivity contribution in [3.8, 4) is 0 Å². The van der Waals surface area contributed by atoms with Crippen molar-refractivity contribution < 1.29 is 9.84 Å². The van der Waals surface area contributed by atoms with Crippen molar-refractivity contribution in [3.05, 3.63) is 36.1 Å². The second-order valence-corrected chi connectivity index (χ2v) is 5.10. The van der Waals surface area contributed by atoms with Gasteiger partial charge in [-0.3, -0.25) is 0 Å². The van der Waals surface area contributed by atoms with Gasteiger partial charge in [0.2, 0.25) is 0 Å². The molecular weight excluding hydrogens is 200 g/mol. The molecular formula is C14H22O2. The molecule has 1 aliphatic rings. The van der Waals surface area contributed by atoms with Gasteiger partial charge >= 0.3 is 0 Å². The van der Waals surface area contributed by atoms with E-state index in [-0.39, 0.29) is 17.6 Å². The number of ether oxygens (including phenoxy) is 1. The van der Waals surface area contributed by atoms with E-state index in [1.165, 1.54) is 0 Å². The van der Waals surface area contributed by atoms with E-state index >= 15 is 0 Å². The Morgan fingerprint density at radius 2 is 2.00 bits per heavy atom. The molecule has 0 spiro atoms. The van der Waals surface area contributed by atoms with Crippen LogP contribution in [0.25, 0.3) is 0 Å². The molecule has 90 valence electrons. The van der Waals surface area contributed by atoms with Crippen molar-refractivity contribution in [3.63, 3.8) is 0 Å². The zero-order valence-electron chi connectivity index (χ0n) is 10.6. The fourth-order valence-corrected chi connectivity index (χ4v) is 1.64. The lowest BCUT2D eigenvalue weighted by atomic mass is 9.93. The van der Waals surface area contributed by atoms with Gasteiger partial charge < -0.3 is 9.84 Å². The van der Waals surface area contributed by atoms with Crippen LogP contribution >= 0.6 is 0 Å². The second-order valence-electron chi connectivity index (χ2n) is 5.10. The van der Waals surface area contributed by atoms with Crippen molar-refractivity contribution in [2.24, 2.45) is 5.41 Å². The summed E-state index contributed by atoms with van der Waals surface area (Å²) in [6, 6.07) is 0. The Morgan fingerprint density at radius 1 is 1.31 bits per heavy atom. The van der Waals surface area contributed by atoms with E-state index in [1.54, 1.807) is 6.92 Å². The van der Waals surface area contributed by atoms with E-state index in [2.05, 4.69) is 26.0 Å². The van der Waals surface area contributed by atoms with Gasteiger partial charge in [-0.25, -0.2) is 0 Å². The molecule has 0 aromatic carbocycles. The Kier molecular flexibility index (Phi) is 4.36. The van der Waals surface area contributed by atoms with E-state index in [0.29, 0.717) is 6.42 Å². The SMILES string of the molecule is C[C@H](C[C@@H](C)O)OC1=CC=CC(C)(C)C=C1. The lowest BCUT2D eigenvalue weighted by Gasteiger charge is -2.17. The van der Waals surface area contributed by atoms with E-state index < -0.39 is 0 Å². The number of aliphatic hydroxyl groups is 1. The van der Waals surface area contributed by atoms with Gasteiger partial charge in [0.1, 0.15) is 5.76 Å². The molecule has 0 bridgehead atoms. The number of hydrogen-bond donors (Lipinski definition) is 1. The molecule has 1 N–H and O–H groups in total. The third kappa shape index (κ3) is 4.67. The quantitative estimate of drug-likeness (QED) is 0.791. The Hall–Kier alpha value is -1.02. The average molecular weight is 222 g/mol. The lowest BCUT2D eigenvalue weighted by molar-refractivity contribution is 0.0773. The Morgan fingerprint density at radius 3 is 2.62 bits per heavy atom. The first-order valence-electron chi connectivity index (χ1n) is 5.82. The predicted octanol–water partition coefficient (Wildman–Crippen LogP) is 3.20. The highest BCUT2D eigenvalue weighted by Crippen LogP contribution is 2.23. The Bertz CT molecular complexity index is 309. The zero-order chi connectivity index (χ0) is 12.2. The summed E-state index contributed by atoms with van der Waals surface area (Å²) in [5.74, 6) is 0.856. The standard InChI is InChI=1S/C14H22O2/c1-11(15)10-12(2)16-13-6-5-8-14(3,4)9-7-13/h5-9,11-12,15H,10H2,1-4H3/t11-,12-/m1/s1. The fourth-order valence-electron chi connectivity index (χ4n) is 1.64. The van der Waals surface area contributed by atoms with Gasteiger partial charge in [0.05, 0.1) is 12.2 Å². The highest BCUT2D eigenvalue weighted by molar-refractivity contribution is 5.27. The van der Waals surface area contributed by atoms with E-state index in [4.69, 9.17) is 4.74 Å². The van der Waals surface area contributed by atoms with Crippen molar-refractivity contribution in [1.82, 2.24) is 0 Å². The van der Waals surface area contributed by atoms with Gasteiger partial charge in [0, 0.05) is 11.8 Å². The molecule has 2 heteroatoms. The molecule has 0 radical (unpaired) electrons. The molecule has 0 amide bonds. The fraction of sp³-hybridized carbons (Fsp3) is 0.571. The molecule has 2 atom stereocenters. The molecule has 16 heavy (non-hydrogen) atoms. The van der Waals surface area contributed by atoms with Crippen LogP contribution in [0.15, 0.2) is 36.1 Å². The van der Waals surface area contributed by atoms with Crippen LogP contribution in [0.1, 0.15) is 34.1 Å². The van der Waals surface area contributed by atoms with Gasteiger partial charge in [-0.05, 0) is 26.0 Å². The molecule has 0 saturated heterocycles. The molecule has 0 saturated carbocycles. The second kappa shape index (κ2) is 5.35. The third-order valence-corrected chi connectivity index (χ3v) is 2.47. The highest BCUT2D eigenvalue weighted by atomic mass is 16.5. The predicted molar refractivity (Wildman–Crippen MR) is 67.0 cm³/mol. The highest BCUT2D eigenvalue weighted by Gasteiger charge is 2.12. The molecule has 0 aromatic rings. The van der Waals surface area contributed by atoms with Gasteiger partial charge in [-0.1, -0.05) is 32.1 Å². The largest absolute Gasteiger partial charge is 0.491 e. The van der Waals surface area contributed by atoms with E-state index in [9.17, 15) is 5.11 Å². The van der Waals surface area contributed by atoms with Gasteiger partial charge in [-0.2, -0.15) is 0 Å². The summed E-state index contributed by atoms with van der Waals surface area (Å²) in [7, 11) is 0. The average Bonchev–Trinajstić information content (AvgIpc) is 2.26. The van der Waals surface area contributed by atoms with Crippen LogP contribution in [-0.4, -0.2) is 17.3 Å². The maximum Gasteiger partial charge on any atom is 0.119 e. The minimum Gasteiger partial charge on any atom is -0.491 e. The zero-order valence-corrected chi connectivity index (χ0v) is 10.6. The number of aliphatic hydroxyl groups excluding tert-OH is 1. The summed E-state index contributed by atoms with van der Waals surface area (Å²) in [4.78, 5) is 0. The van der Waals surface area contributed by atoms with Crippen LogP contribution in [0.3, 0.4) is 0 Å². The smallest absolute Gasteiger partial charge is 0.119 e. The first-order chi connectivity index (χ1) is 7.39. The molecule has 2 nitrogen and oxygen atoms in total. The van der Waals surface area contributed by atoms with E-state index in [0.717, 1.165) is 5.76 Å². The van der Waals surface area contributed by atoms with Crippen LogP contribution in [0.5, 0.6) is 0 Å². The first-order valence-corrected chi connectivity index (χ1v) is 5.82. The van der Waals surface area contributed by atoms with Crippen LogP contribution in [0, 0.1) is 5.41 Å². The van der Waals surface area contributed by atoms with Crippen LogP contribution in [-0.2, 0) is 4.74 Å². The van der Waals surface area contributed by atoms with Gasteiger partial charge in [0.15, 0.2) is 0 Å². The number of hydrogen-bond acceptors (Lipinski definition) is 2. The molecule has 0 unspecified atom stereocenters. The summed E-state index contributed by atoms with van der Waals surface area (Å²) in [5.41, 5.74) is 0.0785. The summed E-state index contributed by atoms with van der Waals surface area (Å²) in [6.45, 7) is 8.05. The van der Waals surface area contributed by atoms with E-state index in [1.807, 2.05) is 25.2 Å². The topological polar surface area (TPSA) is 29.5 Å². The maximum atomic E-state index is 9.26. The summed E-state index contributed by atoms with van der Waals surface area (Å²) < 4.78 is 5.74. The third-order valence-electron chi connectivity index (χ3n) is 2.47. The van der Waals surface area contributed by atoms with Crippen molar-refractivity contribution in [2.75, 3.05) is 0 Å². The van der Waals surface area contributed by atoms with Gasteiger partial charge in [0.25, 0.3) is 0 Å². The molecule has 0 aliphatic heterocycles. The lowest BCUT2D eigenvalue weighted by Crippen LogP contribution is -2.14. The maximum absolute atomic E-state index is 9.26. The van der Waals surface area contributed by atoms with Crippen molar-refractivity contribution in [2.45, 2.75) is 46.3 Å². The number of rotatable bonds is 4. The van der Waals surface area contributed by atoms with Crippen molar-refractivity contribution >= 4 is 0 Å².